The summed E-state index contributed by atoms with van der Waals surface area (Å²) in [6.45, 7) is 5.34. The zero-order valence-corrected chi connectivity index (χ0v) is 5.53. The predicted molar refractivity (Wildman–Crippen MR) is 32.9 cm³/mol. The molecule has 2 heteroatoms. The van der Waals surface area contributed by atoms with Gasteiger partial charge in [-0.2, -0.15) is 0 Å². The third-order valence-electron chi connectivity index (χ3n) is 1.60. The van der Waals surface area contributed by atoms with E-state index in [9.17, 15) is 0 Å². The largest absolute Gasteiger partial charge is 0.384 e. The fourth-order valence-electron chi connectivity index (χ4n) is 1.00. The number of nitrogens with one attached hydrogen (secondary N) is 1. The summed E-state index contributed by atoms with van der Waals surface area (Å²) < 4.78 is 5.01. The minimum absolute atomic E-state index is 0.439. The number of ether oxygens (including phenoxy) is 1. The summed E-state index contributed by atoms with van der Waals surface area (Å²) >= 11 is 0. The Balaban J connectivity index is 2.20. The average Bonchev–Trinajstić information content (AvgIpc) is 1.64. The Bertz CT molecular complexity index is 78.6. The van der Waals surface area contributed by atoms with Gasteiger partial charge in [0.25, 0.3) is 0 Å². The lowest BCUT2D eigenvalue weighted by Gasteiger charge is -2.38. The van der Waals surface area contributed by atoms with Gasteiger partial charge in [-0.05, 0) is 0 Å². The van der Waals surface area contributed by atoms with Crippen molar-refractivity contribution in [1.29, 1.82) is 0 Å². The molecule has 1 rings (SSSR count). The van der Waals surface area contributed by atoms with Gasteiger partial charge >= 0.3 is 0 Å². The van der Waals surface area contributed by atoms with Crippen molar-refractivity contribution in [2.75, 3.05) is 26.8 Å². The lowest BCUT2D eigenvalue weighted by Crippen LogP contribution is -2.53. The van der Waals surface area contributed by atoms with E-state index in [-0.39, 0.29) is 0 Å². The van der Waals surface area contributed by atoms with E-state index in [2.05, 4.69) is 12.2 Å². The highest BCUT2D eigenvalue weighted by atomic mass is 16.5. The summed E-state index contributed by atoms with van der Waals surface area (Å²) in [5.74, 6) is 0. The fourth-order valence-corrected chi connectivity index (χ4v) is 1.00. The van der Waals surface area contributed by atoms with Crippen LogP contribution in [0.25, 0.3) is 0 Å². The minimum atomic E-state index is 0.439. The third-order valence-corrected chi connectivity index (χ3v) is 1.60. The van der Waals surface area contributed by atoms with Crippen molar-refractivity contribution in [2.45, 2.75) is 6.92 Å². The molecule has 0 unspecified atom stereocenters. The van der Waals surface area contributed by atoms with Crippen molar-refractivity contribution < 1.29 is 4.74 Å². The molecule has 1 fully saturated rings. The van der Waals surface area contributed by atoms with Crippen molar-refractivity contribution in [2.24, 2.45) is 5.41 Å². The molecule has 0 saturated carbocycles. The van der Waals surface area contributed by atoms with Gasteiger partial charge in [-0.15, -0.1) is 0 Å². The second-order valence-electron chi connectivity index (χ2n) is 2.85. The zero-order valence-electron chi connectivity index (χ0n) is 5.53. The van der Waals surface area contributed by atoms with E-state index in [0.717, 1.165) is 19.7 Å². The molecule has 0 radical (unpaired) electrons. The average molecular weight is 115 g/mol. The molecule has 1 heterocycles. The van der Waals surface area contributed by atoms with E-state index >= 15 is 0 Å². The zero-order chi connectivity index (χ0) is 6.04. The van der Waals surface area contributed by atoms with Crippen molar-refractivity contribution >= 4 is 0 Å². The molecular formula is C6H13NO. The first-order valence-corrected chi connectivity index (χ1v) is 2.96. The first-order chi connectivity index (χ1) is 3.77. The summed E-state index contributed by atoms with van der Waals surface area (Å²) in [5, 5.41) is 3.21. The maximum absolute atomic E-state index is 5.01. The number of methoxy groups -OCH3 is 1. The molecule has 0 aromatic rings. The van der Waals surface area contributed by atoms with E-state index in [0.29, 0.717) is 5.41 Å². The Hall–Kier alpha value is -0.0800. The van der Waals surface area contributed by atoms with Crippen LogP contribution in [0.15, 0.2) is 0 Å². The van der Waals surface area contributed by atoms with Crippen molar-refractivity contribution in [3.63, 3.8) is 0 Å². The lowest BCUT2D eigenvalue weighted by molar-refractivity contribution is 0.0523. The molecule has 0 aromatic carbocycles. The first kappa shape index (κ1) is 6.05. The van der Waals surface area contributed by atoms with E-state index in [4.69, 9.17) is 4.74 Å². The van der Waals surface area contributed by atoms with Crippen LogP contribution in [0, 0.1) is 5.41 Å². The number of hydrogen-bond acceptors (Lipinski definition) is 2. The number of rotatable bonds is 2. The van der Waals surface area contributed by atoms with Crippen LogP contribution < -0.4 is 5.32 Å². The van der Waals surface area contributed by atoms with Crippen LogP contribution >= 0.6 is 0 Å². The van der Waals surface area contributed by atoms with E-state index in [1.54, 1.807) is 7.11 Å². The van der Waals surface area contributed by atoms with Gasteiger partial charge in [-0.3, -0.25) is 0 Å². The van der Waals surface area contributed by atoms with Gasteiger partial charge in [0.2, 0.25) is 0 Å². The molecular weight excluding hydrogens is 102 g/mol. The summed E-state index contributed by atoms with van der Waals surface area (Å²) in [6, 6.07) is 0. The van der Waals surface area contributed by atoms with Crippen LogP contribution in [0.1, 0.15) is 6.92 Å². The molecule has 1 N–H and O–H groups in total. The van der Waals surface area contributed by atoms with Crippen molar-refractivity contribution in [3.8, 4) is 0 Å². The third kappa shape index (κ3) is 1.01. The van der Waals surface area contributed by atoms with Gasteiger partial charge in [0.1, 0.15) is 0 Å². The SMILES string of the molecule is COCC1(C)CNC1. The van der Waals surface area contributed by atoms with Gasteiger partial charge in [0.05, 0.1) is 6.61 Å². The van der Waals surface area contributed by atoms with E-state index < -0.39 is 0 Å². The first-order valence-electron chi connectivity index (χ1n) is 2.96. The number of hydrogen-bond donors (Lipinski definition) is 1. The normalized spacial score (nSPS) is 24.8. The smallest absolute Gasteiger partial charge is 0.0540 e. The monoisotopic (exact) mass is 115 g/mol. The van der Waals surface area contributed by atoms with Crippen LogP contribution in [-0.4, -0.2) is 26.8 Å². The quantitative estimate of drug-likeness (QED) is 0.556. The second-order valence-corrected chi connectivity index (χ2v) is 2.85. The fraction of sp³-hybridized carbons (Fsp3) is 1.00. The molecule has 0 aliphatic carbocycles. The maximum atomic E-state index is 5.01. The van der Waals surface area contributed by atoms with Crippen LogP contribution in [0.5, 0.6) is 0 Å². The van der Waals surface area contributed by atoms with Crippen molar-refractivity contribution in [1.82, 2.24) is 5.32 Å². The van der Waals surface area contributed by atoms with Crippen LogP contribution in [0.3, 0.4) is 0 Å². The summed E-state index contributed by atoms with van der Waals surface area (Å²) in [5.41, 5.74) is 0.439. The van der Waals surface area contributed by atoms with Crippen LogP contribution in [-0.2, 0) is 4.74 Å². The van der Waals surface area contributed by atoms with Gasteiger partial charge in [0, 0.05) is 25.6 Å². The van der Waals surface area contributed by atoms with Gasteiger partial charge in [0.15, 0.2) is 0 Å². The van der Waals surface area contributed by atoms with Gasteiger partial charge in [-0.25, -0.2) is 0 Å². The molecule has 1 aliphatic heterocycles. The molecule has 48 valence electrons. The van der Waals surface area contributed by atoms with E-state index in [1.165, 1.54) is 0 Å². The Morgan fingerprint density at radius 2 is 2.25 bits per heavy atom. The van der Waals surface area contributed by atoms with E-state index in [1.807, 2.05) is 0 Å². The highest BCUT2D eigenvalue weighted by Gasteiger charge is 2.30. The van der Waals surface area contributed by atoms with Crippen molar-refractivity contribution in [3.05, 3.63) is 0 Å². The molecule has 0 amide bonds. The Kier molecular flexibility index (Phi) is 1.54. The molecule has 2 nitrogen and oxygen atoms in total. The molecule has 1 aliphatic rings. The summed E-state index contributed by atoms with van der Waals surface area (Å²) in [6.07, 6.45) is 0. The summed E-state index contributed by atoms with van der Waals surface area (Å²) in [4.78, 5) is 0. The van der Waals surface area contributed by atoms with Crippen LogP contribution in [0.4, 0.5) is 0 Å². The predicted octanol–water partition coefficient (Wildman–Crippen LogP) is 0.242. The highest BCUT2D eigenvalue weighted by Crippen LogP contribution is 2.20. The minimum Gasteiger partial charge on any atom is -0.384 e. The Morgan fingerprint density at radius 3 is 2.38 bits per heavy atom. The van der Waals surface area contributed by atoms with Gasteiger partial charge < -0.3 is 10.1 Å². The Labute approximate surface area is 50.2 Å². The molecule has 0 bridgehead atoms. The lowest BCUT2D eigenvalue weighted by atomic mass is 9.85. The highest BCUT2D eigenvalue weighted by molar-refractivity contribution is 4.87. The van der Waals surface area contributed by atoms with Gasteiger partial charge in [-0.1, -0.05) is 6.92 Å². The van der Waals surface area contributed by atoms with Crippen LogP contribution in [0.2, 0.25) is 0 Å². The summed E-state index contributed by atoms with van der Waals surface area (Å²) in [7, 11) is 1.75. The molecule has 8 heavy (non-hydrogen) atoms. The Morgan fingerprint density at radius 1 is 1.62 bits per heavy atom. The second kappa shape index (κ2) is 2.03. The standard InChI is InChI=1S/C6H13NO/c1-6(5-8-2)3-7-4-6/h7H,3-5H2,1-2H3. The molecule has 0 aromatic heterocycles. The topological polar surface area (TPSA) is 21.3 Å². The molecule has 0 spiro atoms. The molecule has 1 saturated heterocycles. The maximum Gasteiger partial charge on any atom is 0.0540 e. The molecule has 0 atom stereocenters.